The molecule has 0 unspecified atom stereocenters. The maximum Gasteiger partial charge on any atom is 0.319 e. The zero-order valence-corrected chi connectivity index (χ0v) is 6.86. The smallest absolute Gasteiger partial charge is 0.319 e. The number of hydrogen-bond acceptors (Lipinski definition) is 2. The molecular formula is C7H10O2S. The van der Waals surface area contributed by atoms with Crippen molar-refractivity contribution in [1.82, 2.24) is 0 Å². The summed E-state index contributed by atoms with van der Waals surface area (Å²) >= 11 is 1.25. The summed E-state index contributed by atoms with van der Waals surface area (Å²) in [5.74, 6) is 2.00. The molecule has 0 aliphatic rings. The fourth-order valence-corrected chi connectivity index (χ4v) is 0.851. The number of carboxylic acid groups (broad SMARTS) is 1. The fraction of sp³-hybridized carbons (Fsp3) is 0.571. The summed E-state index contributed by atoms with van der Waals surface area (Å²) in [6, 6.07) is 0. The largest absolute Gasteiger partial charge is 0.480 e. The van der Waals surface area contributed by atoms with Crippen LogP contribution in [0.4, 0.5) is 0 Å². The van der Waals surface area contributed by atoms with E-state index in [2.05, 4.69) is 5.92 Å². The molecule has 56 valence electrons. The van der Waals surface area contributed by atoms with Crippen LogP contribution < -0.4 is 0 Å². The van der Waals surface area contributed by atoms with Crippen molar-refractivity contribution in [2.45, 2.75) is 18.6 Å². The molecule has 0 radical (unpaired) electrons. The van der Waals surface area contributed by atoms with Gasteiger partial charge in [0.1, 0.15) is 4.75 Å². The first-order valence-corrected chi connectivity index (χ1v) is 3.80. The highest BCUT2D eigenvalue weighted by Gasteiger charge is 2.26. The molecule has 0 rings (SSSR count). The first-order valence-electron chi connectivity index (χ1n) is 2.81. The maximum atomic E-state index is 10.4. The van der Waals surface area contributed by atoms with E-state index in [1.54, 1.807) is 13.8 Å². The quantitative estimate of drug-likeness (QED) is 0.627. The van der Waals surface area contributed by atoms with Gasteiger partial charge in [-0.25, -0.2) is 0 Å². The summed E-state index contributed by atoms with van der Waals surface area (Å²) in [6.07, 6.45) is 4.97. The lowest BCUT2D eigenvalue weighted by Crippen LogP contribution is -2.27. The summed E-state index contributed by atoms with van der Waals surface area (Å²) in [5, 5.41) is 8.58. The van der Waals surface area contributed by atoms with E-state index in [-0.39, 0.29) is 0 Å². The maximum absolute atomic E-state index is 10.4. The van der Waals surface area contributed by atoms with E-state index in [0.29, 0.717) is 5.75 Å². The van der Waals surface area contributed by atoms with Gasteiger partial charge in [-0.3, -0.25) is 4.79 Å². The van der Waals surface area contributed by atoms with Crippen molar-refractivity contribution in [2.24, 2.45) is 0 Å². The van der Waals surface area contributed by atoms with Crippen LogP contribution in [0.2, 0.25) is 0 Å². The van der Waals surface area contributed by atoms with Crippen molar-refractivity contribution in [3.05, 3.63) is 0 Å². The third kappa shape index (κ3) is 2.79. The molecule has 0 aromatic rings. The van der Waals surface area contributed by atoms with Gasteiger partial charge in [0.15, 0.2) is 0 Å². The Morgan fingerprint density at radius 1 is 1.80 bits per heavy atom. The summed E-state index contributed by atoms with van der Waals surface area (Å²) in [6.45, 7) is 3.27. The highest BCUT2D eigenvalue weighted by atomic mass is 32.2. The number of aliphatic carboxylic acids is 1. The van der Waals surface area contributed by atoms with Gasteiger partial charge >= 0.3 is 5.97 Å². The molecule has 10 heavy (non-hydrogen) atoms. The zero-order valence-electron chi connectivity index (χ0n) is 6.05. The predicted octanol–water partition coefficient (Wildman–Crippen LogP) is 1.22. The summed E-state index contributed by atoms with van der Waals surface area (Å²) < 4.78 is -0.758. The van der Waals surface area contributed by atoms with Gasteiger partial charge in [0.25, 0.3) is 0 Å². The third-order valence-corrected chi connectivity index (χ3v) is 2.24. The SMILES string of the molecule is C#CCSC(C)(C)C(=O)O. The first kappa shape index (κ1) is 9.38. The number of carbonyl (C=O) groups is 1. The Bertz CT molecular complexity index is 167. The van der Waals surface area contributed by atoms with Gasteiger partial charge in [0, 0.05) is 0 Å². The van der Waals surface area contributed by atoms with Gasteiger partial charge in [-0.15, -0.1) is 18.2 Å². The normalized spacial score (nSPS) is 10.5. The van der Waals surface area contributed by atoms with E-state index in [4.69, 9.17) is 11.5 Å². The van der Waals surface area contributed by atoms with E-state index >= 15 is 0 Å². The van der Waals surface area contributed by atoms with E-state index < -0.39 is 10.7 Å². The Kier molecular flexibility index (Phi) is 3.31. The minimum Gasteiger partial charge on any atom is -0.480 e. The van der Waals surface area contributed by atoms with Crippen molar-refractivity contribution in [3.63, 3.8) is 0 Å². The second kappa shape index (κ2) is 3.52. The molecule has 0 aliphatic heterocycles. The average molecular weight is 158 g/mol. The highest BCUT2D eigenvalue weighted by Crippen LogP contribution is 2.23. The second-order valence-corrected chi connectivity index (χ2v) is 3.91. The van der Waals surface area contributed by atoms with E-state index in [0.717, 1.165) is 0 Å². The monoisotopic (exact) mass is 158 g/mol. The van der Waals surface area contributed by atoms with Gasteiger partial charge in [-0.2, -0.15) is 0 Å². The molecule has 0 bridgehead atoms. The number of thioether (sulfide) groups is 1. The Hall–Kier alpha value is -0.620. The Morgan fingerprint density at radius 3 is 2.60 bits per heavy atom. The van der Waals surface area contributed by atoms with Gasteiger partial charge in [-0.05, 0) is 13.8 Å². The van der Waals surface area contributed by atoms with Crippen molar-refractivity contribution < 1.29 is 9.90 Å². The Balaban J connectivity index is 3.90. The number of rotatable bonds is 3. The van der Waals surface area contributed by atoms with E-state index in [9.17, 15) is 4.79 Å². The molecular weight excluding hydrogens is 148 g/mol. The molecule has 0 saturated heterocycles. The van der Waals surface area contributed by atoms with E-state index in [1.807, 2.05) is 0 Å². The number of terminal acetylenes is 1. The van der Waals surface area contributed by atoms with Crippen molar-refractivity contribution >= 4 is 17.7 Å². The van der Waals surface area contributed by atoms with Crippen molar-refractivity contribution in [2.75, 3.05) is 5.75 Å². The van der Waals surface area contributed by atoms with Crippen LogP contribution in [0.3, 0.4) is 0 Å². The van der Waals surface area contributed by atoms with Gasteiger partial charge in [0.05, 0.1) is 5.75 Å². The average Bonchev–Trinajstić information content (AvgIpc) is 1.84. The molecule has 0 spiro atoms. The van der Waals surface area contributed by atoms with E-state index in [1.165, 1.54) is 11.8 Å². The summed E-state index contributed by atoms with van der Waals surface area (Å²) in [5.41, 5.74) is 0. The minimum absolute atomic E-state index is 0.444. The molecule has 0 fully saturated rings. The summed E-state index contributed by atoms with van der Waals surface area (Å²) in [4.78, 5) is 10.4. The lowest BCUT2D eigenvalue weighted by Gasteiger charge is -2.15. The molecule has 0 heterocycles. The minimum atomic E-state index is -0.826. The number of carboxylic acids is 1. The Morgan fingerprint density at radius 2 is 2.30 bits per heavy atom. The lowest BCUT2D eigenvalue weighted by atomic mass is 10.2. The van der Waals surface area contributed by atoms with Gasteiger partial charge < -0.3 is 5.11 Å². The molecule has 0 atom stereocenters. The van der Waals surface area contributed by atoms with Gasteiger partial charge in [0.2, 0.25) is 0 Å². The molecule has 0 aliphatic carbocycles. The molecule has 0 amide bonds. The van der Waals surface area contributed by atoms with Gasteiger partial charge in [-0.1, -0.05) is 5.92 Å². The fourth-order valence-electron chi connectivity index (χ4n) is 0.284. The standard InChI is InChI=1S/C7H10O2S/c1-4-5-10-7(2,3)6(8)9/h1H,5H2,2-3H3,(H,8,9). The van der Waals surface area contributed by atoms with Crippen LogP contribution >= 0.6 is 11.8 Å². The topological polar surface area (TPSA) is 37.3 Å². The van der Waals surface area contributed by atoms with Crippen LogP contribution in [-0.4, -0.2) is 21.6 Å². The highest BCUT2D eigenvalue weighted by molar-refractivity contribution is 8.01. The molecule has 3 heteroatoms. The molecule has 0 saturated carbocycles. The van der Waals surface area contributed by atoms with Crippen LogP contribution in [0, 0.1) is 12.3 Å². The third-order valence-electron chi connectivity index (χ3n) is 1.03. The number of hydrogen-bond donors (Lipinski definition) is 1. The first-order chi connectivity index (χ1) is 4.50. The second-order valence-electron chi connectivity index (χ2n) is 2.31. The summed E-state index contributed by atoms with van der Waals surface area (Å²) in [7, 11) is 0. The van der Waals surface area contributed by atoms with Crippen LogP contribution in [0.5, 0.6) is 0 Å². The predicted molar refractivity (Wildman–Crippen MR) is 43.0 cm³/mol. The molecule has 1 N–H and O–H groups in total. The van der Waals surface area contributed by atoms with Crippen molar-refractivity contribution in [3.8, 4) is 12.3 Å². The molecule has 0 aromatic carbocycles. The van der Waals surface area contributed by atoms with Crippen LogP contribution in [0.25, 0.3) is 0 Å². The Labute approximate surface area is 65.0 Å². The zero-order chi connectivity index (χ0) is 8.20. The van der Waals surface area contributed by atoms with Crippen LogP contribution in [0.1, 0.15) is 13.8 Å². The van der Waals surface area contributed by atoms with Crippen LogP contribution in [0.15, 0.2) is 0 Å². The lowest BCUT2D eigenvalue weighted by molar-refractivity contribution is -0.138. The van der Waals surface area contributed by atoms with Crippen molar-refractivity contribution in [1.29, 1.82) is 0 Å². The molecule has 2 nitrogen and oxygen atoms in total. The molecule has 0 aromatic heterocycles. The van der Waals surface area contributed by atoms with Crippen LogP contribution in [-0.2, 0) is 4.79 Å².